The second-order valence-electron chi connectivity index (χ2n) is 5.23. The van der Waals surface area contributed by atoms with E-state index in [0.29, 0.717) is 23.6 Å². The van der Waals surface area contributed by atoms with Crippen LogP contribution in [-0.4, -0.2) is 37.1 Å². The number of benzene rings is 1. The smallest absolute Gasteiger partial charge is 0.289 e. The predicted octanol–water partition coefficient (Wildman–Crippen LogP) is 2.27. The van der Waals surface area contributed by atoms with Crippen LogP contribution in [0.5, 0.6) is 0 Å². The minimum atomic E-state index is -0.129. The Labute approximate surface area is 117 Å². The van der Waals surface area contributed by atoms with Crippen LogP contribution in [0.2, 0.25) is 0 Å². The predicted molar refractivity (Wildman–Crippen MR) is 76.6 cm³/mol. The molecular weight excluding hydrogens is 256 g/mol. The van der Waals surface area contributed by atoms with Gasteiger partial charge in [-0.05, 0) is 37.1 Å². The first-order chi connectivity index (χ1) is 9.63. The second-order valence-corrected chi connectivity index (χ2v) is 5.23. The highest BCUT2D eigenvalue weighted by molar-refractivity contribution is 5.96. The Hall–Kier alpha value is -2.01. The Balaban J connectivity index is 1.77. The van der Waals surface area contributed by atoms with E-state index in [2.05, 4.69) is 0 Å². The van der Waals surface area contributed by atoms with Crippen LogP contribution in [0, 0.1) is 0 Å². The lowest BCUT2D eigenvalue weighted by molar-refractivity contribution is 0.0565. The van der Waals surface area contributed by atoms with Crippen LogP contribution in [0.1, 0.15) is 23.4 Å². The number of nitrogens with zero attached hydrogens (tertiary/aromatic N) is 1. The molecule has 1 amide bonds. The number of fused-ring (bicyclic) bond motifs is 1. The summed E-state index contributed by atoms with van der Waals surface area (Å²) in [4.78, 5) is 14.0. The summed E-state index contributed by atoms with van der Waals surface area (Å²) in [6.07, 6.45) is 2.22. The maximum absolute atomic E-state index is 12.3. The van der Waals surface area contributed by atoms with Gasteiger partial charge in [-0.3, -0.25) is 4.79 Å². The molecule has 20 heavy (non-hydrogen) atoms. The molecule has 0 saturated carbocycles. The molecule has 1 aliphatic rings. The number of nitrogen functional groups attached to an aromatic ring is 1. The Morgan fingerprint density at radius 3 is 3.05 bits per heavy atom. The Morgan fingerprint density at radius 2 is 2.30 bits per heavy atom. The van der Waals surface area contributed by atoms with E-state index in [4.69, 9.17) is 14.9 Å². The van der Waals surface area contributed by atoms with Crippen molar-refractivity contribution >= 4 is 22.6 Å². The SMILES string of the molecule is CN(CC1CCCO1)C(=O)c1cc2cc(N)ccc2o1. The molecule has 2 aromatic rings. The highest BCUT2D eigenvalue weighted by Crippen LogP contribution is 2.23. The van der Waals surface area contributed by atoms with Gasteiger partial charge in [0, 0.05) is 31.3 Å². The summed E-state index contributed by atoms with van der Waals surface area (Å²) in [7, 11) is 1.77. The standard InChI is InChI=1S/C15H18N2O3/c1-17(9-12-3-2-6-19-12)15(18)14-8-10-7-11(16)4-5-13(10)20-14/h4-5,7-8,12H,2-3,6,9,16H2,1H3. The minimum Gasteiger partial charge on any atom is -0.451 e. The van der Waals surface area contributed by atoms with Gasteiger partial charge in [0.25, 0.3) is 5.91 Å². The number of anilines is 1. The molecule has 106 valence electrons. The normalized spacial score (nSPS) is 18.6. The van der Waals surface area contributed by atoms with Crippen molar-refractivity contribution in [1.82, 2.24) is 4.90 Å². The summed E-state index contributed by atoms with van der Waals surface area (Å²) >= 11 is 0. The summed E-state index contributed by atoms with van der Waals surface area (Å²) in [5.74, 6) is 0.210. The number of hydrogen-bond donors (Lipinski definition) is 1. The molecule has 0 spiro atoms. The van der Waals surface area contributed by atoms with E-state index in [9.17, 15) is 4.79 Å². The van der Waals surface area contributed by atoms with Crippen molar-refractivity contribution in [1.29, 1.82) is 0 Å². The number of nitrogens with two attached hydrogens (primary N) is 1. The van der Waals surface area contributed by atoms with Gasteiger partial charge in [-0.2, -0.15) is 0 Å². The topological polar surface area (TPSA) is 68.7 Å². The molecule has 1 unspecified atom stereocenters. The lowest BCUT2D eigenvalue weighted by Gasteiger charge is -2.19. The molecule has 2 heterocycles. The van der Waals surface area contributed by atoms with E-state index in [1.165, 1.54) is 0 Å². The molecule has 1 atom stereocenters. The minimum absolute atomic E-state index is 0.129. The van der Waals surface area contributed by atoms with Gasteiger partial charge in [0.15, 0.2) is 5.76 Å². The zero-order valence-corrected chi connectivity index (χ0v) is 11.5. The fourth-order valence-electron chi connectivity index (χ4n) is 2.53. The number of amides is 1. The third kappa shape index (κ3) is 2.49. The summed E-state index contributed by atoms with van der Waals surface area (Å²) in [6.45, 7) is 1.38. The van der Waals surface area contributed by atoms with E-state index in [1.807, 2.05) is 0 Å². The van der Waals surface area contributed by atoms with Gasteiger partial charge in [-0.1, -0.05) is 0 Å². The highest BCUT2D eigenvalue weighted by Gasteiger charge is 2.22. The molecule has 1 aliphatic heterocycles. The molecule has 0 bridgehead atoms. The van der Waals surface area contributed by atoms with Gasteiger partial charge < -0.3 is 19.8 Å². The number of likely N-dealkylation sites (N-methyl/N-ethyl adjacent to an activating group) is 1. The highest BCUT2D eigenvalue weighted by atomic mass is 16.5. The van der Waals surface area contributed by atoms with Crippen LogP contribution < -0.4 is 5.73 Å². The van der Waals surface area contributed by atoms with Crippen LogP contribution in [0.3, 0.4) is 0 Å². The van der Waals surface area contributed by atoms with Gasteiger partial charge in [-0.15, -0.1) is 0 Å². The van der Waals surface area contributed by atoms with Gasteiger partial charge in [0.2, 0.25) is 0 Å². The van der Waals surface area contributed by atoms with Crippen LogP contribution in [0.4, 0.5) is 5.69 Å². The van der Waals surface area contributed by atoms with E-state index in [-0.39, 0.29) is 12.0 Å². The van der Waals surface area contributed by atoms with Crippen molar-refractivity contribution in [3.8, 4) is 0 Å². The number of hydrogen-bond acceptors (Lipinski definition) is 4. The first-order valence-corrected chi connectivity index (χ1v) is 6.79. The molecule has 1 aromatic heterocycles. The first kappa shape index (κ1) is 13.0. The van der Waals surface area contributed by atoms with Crippen molar-refractivity contribution in [3.05, 3.63) is 30.0 Å². The van der Waals surface area contributed by atoms with Crippen molar-refractivity contribution in [2.75, 3.05) is 25.9 Å². The summed E-state index contributed by atoms with van der Waals surface area (Å²) < 4.78 is 11.1. The average Bonchev–Trinajstić information content (AvgIpc) is 3.06. The number of furan rings is 1. The maximum atomic E-state index is 12.3. The second kappa shape index (κ2) is 5.17. The maximum Gasteiger partial charge on any atom is 0.289 e. The molecule has 5 nitrogen and oxygen atoms in total. The van der Waals surface area contributed by atoms with E-state index < -0.39 is 0 Å². The number of rotatable bonds is 3. The molecule has 5 heteroatoms. The lowest BCUT2D eigenvalue weighted by Crippen LogP contribution is -2.33. The first-order valence-electron chi connectivity index (χ1n) is 6.79. The summed E-state index contributed by atoms with van der Waals surface area (Å²) in [5.41, 5.74) is 7.06. The average molecular weight is 274 g/mol. The Kier molecular flexibility index (Phi) is 3.36. The van der Waals surface area contributed by atoms with Gasteiger partial charge in [0.05, 0.1) is 6.10 Å². The number of carbonyl (C=O) groups is 1. The van der Waals surface area contributed by atoms with Crippen LogP contribution >= 0.6 is 0 Å². The van der Waals surface area contributed by atoms with Crippen molar-refractivity contribution < 1.29 is 13.9 Å². The van der Waals surface area contributed by atoms with Crippen molar-refractivity contribution in [3.63, 3.8) is 0 Å². The van der Waals surface area contributed by atoms with Crippen LogP contribution in [-0.2, 0) is 4.74 Å². The summed E-state index contributed by atoms with van der Waals surface area (Å²) in [6, 6.07) is 7.08. The van der Waals surface area contributed by atoms with Gasteiger partial charge in [-0.25, -0.2) is 0 Å². The molecule has 1 saturated heterocycles. The third-order valence-electron chi connectivity index (χ3n) is 3.60. The molecule has 1 fully saturated rings. The van der Waals surface area contributed by atoms with Crippen LogP contribution in [0.15, 0.2) is 28.7 Å². The van der Waals surface area contributed by atoms with E-state index in [1.54, 1.807) is 36.2 Å². The van der Waals surface area contributed by atoms with E-state index in [0.717, 1.165) is 24.8 Å². The molecular formula is C15H18N2O3. The van der Waals surface area contributed by atoms with Gasteiger partial charge in [0.1, 0.15) is 5.58 Å². The van der Waals surface area contributed by atoms with Gasteiger partial charge >= 0.3 is 0 Å². The largest absolute Gasteiger partial charge is 0.451 e. The Bertz CT molecular complexity index is 629. The fourth-order valence-corrected chi connectivity index (χ4v) is 2.53. The monoisotopic (exact) mass is 274 g/mol. The quantitative estimate of drug-likeness (QED) is 0.872. The Morgan fingerprint density at radius 1 is 1.45 bits per heavy atom. The molecule has 0 radical (unpaired) electrons. The van der Waals surface area contributed by atoms with Crippen molar-refractivity contribution in [2.45, 2.75) is 18.9 Å². The zero-order valence-electron chi connectivity index (χ0n) is 11.5. The number of carbonyl (C=O) groups excluding carboxylic acids is 1. The molecule has 3 rings (SSSR count). The van der Waals surface area contributed by atoms with Crippen LogP contribution in [0.25, 0.3) is 11.0 Å². The van der Waals surface area contributed by atoms with E-state index >= 15 is 0 Å². The molecule has 1 aromatic carbocycles. The zero-order chi connectivity index (χ0) is 14.1. The summed E-state index contributed by atoms with van der Waals surface area (Å²) in [5, 5.41) is 0.846. The molecule has 0 aliphatic carbocycles. The molecule has 2 N–H and O–H groups in total. The fraction of sp³-hybridized carbons (Fsp3) is 0.400. The van der Waals surface area contributed by atoms with Crippen molar-refractivity contribution in [2.24, 2.45) is 0 Å². The number of ether oxygens (including phenoxy) is 1. The lowest BCUT2D eigenvalue weighted by atomic mass is 10.2. The third-order valence-corrected chi connectivity index (χ3v) is 3.60.